The van der Waals surface area contributed by atoms with E-state index >= 15 is 4.39 Å². The number of aryl methyl sites for hydroxylation is 3. The first-order valence-corrected chi connectivity index (χ1v) is 14.1. The van der Waals surface area contributed by atoms with E-state index in [2.05, 4.69) is 21.8 Å². The fourth-order valence-electron chi connectivity index (χ4n) is 5.95. The highest BCUT2D eigenvalue weighted by molar-refractivity contribution is 5.96. The number of amides is 1. The van der Waals surface area contributed by atoms with Crippen molar-refractivity contribution in [1.29, 1.82) is 0 Å². The van der Waals surface area contributed by atoms with Gasteiger partial charge in [0.1, 0.15) is 5.52 Å². The van der Waals surface area contributed by atoms with E-state index in [-0.39, 0.29) is 30.6 Å². The number of nitrogens with zero attached hydrogens (tertiary/aromatic N) is 6. The lowest BCUT2D eigenvalue weighted by Crippen LogP contribution is -2.63. The van der Waals surface area contributed by atoms with Crippen molar-refractivity contribution < 1.29 is 9.18 Å². The van der Waals surface area contributed by atoms with Crippen molar-refractivity contribution in [3.63, 3.8) is 0 Å². The summed E-state index contributed by atoms with van der Waals surface area (Å²) in [5.74, 6) is -0.457. The van der Waals surface area contributed by atoms with Crippen LogP contribution in [-0.4, -0.2) is 58.9 Å². The summed E-state index contributed by atoms with van der Waals surface area (Å²) >= 11 is 0. The molecule has 10 nitrogen and oxygen atoms in total. The van der Waals surface area contributed by atoms with E-state index in [0.29, 0.717) is 22.6 Å². The number of aromatic amines is 1. The third-order valence-electron chi connectivity index (χ3n) is 8.14. The smallest absolute Gasteiger partial charge is 0.322 e. The zero-order chi connectivity index (χ0) is 30.8. The van der Waals surface area contributed by atoms with E-state index in [1.807, 2.05) is 52.8 Å². The van der Waals surface area contributed by atoms with Crippen LogP contribution in [0.25, 0.3) is 39.0 Å². The van der Waals surface area contributed by atoms with Crippen LogP contribution in [0.15, 0.2) is 58.8 Å². The van der Waals surface area contributed by atoms with Crippen LogP contribution in [-0.2, 0) is 11.3 Å². The molecular formula is C32H32FN7O3. The van der Waals surface area contributed by atoms with Crippen molar-refractivity contribution in [2.75, 3.05) is 13.1 Å². The molecule has 0 spiro atoms. The molecule has 1 fully saturated rings. The second kappa shape index (κ2) is 10.1. The number of H-pyrrole nitrogens is 1. The predicted molar refractivity (Wildman–Crippen MR) is 163 cm³/mol. The maximum Gasteiger partial charge on any atom is 0.322 e. The Morgan fingerprint density at radius 3 is 2.58 bits per heavy atom. The van der Waals surface area contributed by atoms with Crippen molar-refractivity contribution >= 4 is 28.0 Å². The number of carbonyl (C=O) groups is 1. The molecular weight excluding hydrogens is 549 g/mol. The average Bonchev–Trinajstić information content (AvgIpc) is 3.35. The molecule has 5 aromatic rings. The molecule has 11 heteroatoms. The van der Waals surface area contributed by atoms with Crippen molar-refractivity contribution in [3.05, 3.63) is 92.4 Å². The molecule has 43 heavy (non-hydrogen) atoms. The first-order chi connectivity index (χ1) is 20.4. The van der Waals surface area contributed by atoms with Gasteiger partial charge in [-0.2, -0.15) is 5.10 Å². The number of hydrogen-bond acceptors (Lipinski definition) is 6. The Morgan fingerprint density at radius 2 is 1.88 bits per heavy atom. The molecule has 1 N–H and O–H groups in total. The molecule has 1 aliphatic rings. The number of pyridine rings is 2. The number of benzene rings is 1. The van der Waals surface area contributed by atoms with Crippen molar-refractivity contribution in [2.24, 2.45) is 0 Å². The Bertz CT molecular complexity index is 2080. The van der Waals surface area contributed by atoms with Crippen LogP contribution in [0.3, 0.4) is 0 Å². The fraction of sp³-hybridized carbons (Fsp3) is 0.312. The standard InChI is InChI=1S/C32H32FN7O3/c1-7-24(41)38-14-32(33,15-38)16-39-23-13-19(5)26(22-10-8-9-21-20(6)36-37-27(21)22)35-29(23)40(31(43)30(39)42)28-18(4)11-12-34-25(28)17(2)3/h7-13,17H,1,14-16H2,2-6H3,(H,36,37). The molecule has 0 radical (unpaired) electrons. The van der Waals surface area contributed by atoms with E-state index in [9.17, 15) is 14.4 Å². The van der Waals surface area contributed by atoms with Gasteiger partial charge in [-0.25, -0.2) is 9.37 Å². The molecule has 220 valence electrons. The summed E-state index contributed by atoms with van der Waals surface area (Å²) in [6.45, 7) is 12.2. The number of hydrogen-bond donors (Lipinski definition) is 1. The summed E-state index contributed by atoms with van der Waals surface area (Å²) in [4.78, 5) is 50.7. The second-order valence-corrected chi connectivity index (χ2v) is 11.6. The highest BCUT2D eigenvalue weighted by Crippen LogP contribution is 2.34. The minimum Gasteiger partial charge on any atom is -0.332 e. The van der Waals surface area contributed by atoms with Crippen molar-refractivity contribution in [2.45, 2.75) is 52.8 Å². The summed E-state index contributed by atoms with van der Waals surface area (Å²) < 4.78 is 18.4. The van der Waals surface area contributed by atoms with Crippen LogP contribution in [0, 0.1) is 20.8 Å². The number of nitrogens with one attached hydrogen (secondary N) is 1. The summed E-state index contributed by atoms with van der Waals surface area (Å²) in [5, 5.41) is 8.47. The maximum absolute atomic E-state index is 15.9. The molecule has 5 heterocycles. The quantitative estimate of drug-likeness (QED) is 0.236. The highest BCUT2D eigenvalue weighted by atomic mass is 19.1. The number of alkyl halides is 1. The van der Waals surface area contributed by atoms with Crippen LogP contribution in [0.5, 0.6) is 0 Å². The number of aromatic nitrogens is 6. The normalized spacial score (nSPS) is 14.4. The second-order valence-electron chi connectivity index (χ2n) is 11.6. The van der Waals surface area contributed by atoms with E-state index in [4.69, 9.17) is 4.98 Å². The van der Waals surface area contributed by atoms with Crippen LogP contribution in [0.1, 0.15) is 42.3 Å². The van der Waals surface area contributed by atoms with E-state index < -0.39 is 23.3 Å². The van der Waals surface area contributed by atoms with Gasteiger partial charge in [0.25, 0.3) is 0 Å². The molecule has 6 rings (SSSR count). The summed E-state index contributed by atoms with van der Waals surface area (Å²) in [7, 11) is 0. The van der Waals surface area contributed by atoms with Gasteiger partial charge in [0, 0.05) is 22.8 Å². The van der Waals surface area contributed by atoms with Gasteiger partial charge in [-0.1, -0.05) is 38.6 Å². The average molecular weight is 582 g/mol. The predicted octanol–water partition coefficient (Wildman–Crippen LogP) is 4.27. The maximum atomic E-state index is 15.9. The zero-order valence-electron chi connectivity index (χ0n) is 24.7. The van der Waals surface area contributed by atoms with Crippen molar-refractivity contribution in [1.82, 2.24) is 34.2 Å². The molecule has 0 bridgehead atoms. The largest absolute Gasteiger partial charge is 0.332 e. The monoisotopic (exact) mass is 581 g/mol. The summed E-state index contributed by atoms with van der Waals surface area (Å²) in [6.07, 6.45) is 2.80. The SMILES string of the molecule is C=CC(=O)N1CC(F)(Cn2c(=O)c(=O)n(-c3c(C)ccnc3C(C)C)c3nc(-c4cccc5c(C)[nH]nc45)c(C)cc32)C1. The number of rotatable bonds is 6. The van der Waals surface area contributed by atoms with Gasteiger partial charge in [-0.05, 0) is 56.0 Å². The Balaban J connectivity index is 1.67. The molecule has 1 aromatic carbocycles. The van der Waals surface area contributed by atoms with Gasteiger partial charge in [0.2, 0.25) is 5.91 Å². The Hall–Kier alpha value is -4.93. The van der Waals surface area contributed by atoms with Gasteiger partial charge >= 0.3 is 11.1 Å². The molecule has 0 atom stereocenters. The van der Waals surface area contributed by atoms with Gasteiger partial charge < -0.3 is 4.90 Å². The molecule has 4 aromatic heterocycles. The summed E-state index contributed by atoms with van der Waals surface area (Å²) in [5.41, 5.74) is 2.42. The third kappa shape index (κ3) is 4.46. The fourth-order valence-corrected chi connectivity index (χ4v) is 5.95. The van der Waals surface area contributed by atoms with E-state index in [1.165, 1.54) is 9.47 Å². The number of fused-ring (bicyclic) bond motifs is 2. The van der Waals surface area contributed by atoms with Crippen LogP contribution < -0.4 is 11.1 Å². The first kappa shape index (κ1) is 28.2. The number of carbonyl (C=O) groups excluding carboxylic acids is 1. The van der Waals surface area contributed by atoms with Gasteiger partial charge in [-0.3, -0.25) is 33.6 Å². The Morgan fingerprint density at radius 1 is 1.14 bits per heavy atom. The van der Waals surface area contributed by atoms with Crippen molar-refractivity contribution in [3.8, 4) is 16.9 Å². The lowest BCUT2D eigenvalue weighted by Gasteiger charge is -2.44. The number of halogens is 1. The molecule has 0 saturated carbocycles. The number of para-hydroxylation sites is 1. The van der Waals surface area contributed by atoms with Crippen LogP contribution in [0.2, 0.25) is 0 Å². The highest BCUT2D eigenvalue weighted by Gasteiger charge is 2.46. The summed E-state index contributed by atoms with van der Waals surface area (Å²) in [6, 6.07) is 9.34. The molecule has 0 aliphatic carbocycles. The molecule has 1 amide bonds. The molecule has 1 aliphatic heterocycles. The van der Waals surface area contributed by atoms with Crippen LogP contribution in [0.4, 0.5) is 4.39 Å². The minimum atomic E-state index is -1.90. The van der Waals surface area contributed by atoms with E-state index in [0.717, 1.165) is 43.9 Å². The van der Waals surface area contributed by atoms with E-state index in [1.54, 1.807) is 18.3 Å². The van der Waals surface area contributed by atoms with Gasteiger partial charge in [0.05, 0.1) is 42.2 Å². The Labute approximate surface area is 246 Å². The van der Waals surface area contributed by atoms with Gasteiger partial charge in [0.15, 0.2) is 11.3 Å². The first-order valence-electron chi connectivity index (χ1n) is 14.1. The topological polar surface area (TPSA) is 119 Å². The lowest BCUT2D eigenvalue weighted by molar-refractivity contribution is -0.141. The third-order valence-corrected chi connectivity index (χ3v) is 8.14. The molecule has 1 saturated heterocycles. The van der Waals surface area contributed by atoms with Gasteiger partial charge in [-0.15, -0.1) is 0 Å². The Kier molecular flexibility index (Phi) is 6.63. The zero-order valence-corrected chi connectivity index (χ0v) is 24.7. The minimum absolute atomic E-state index is 0.0672. The lowest BCUT2D eigenvalue weighted by atomic mass is 9.95. The molecule has 0 unspecified atom stereocenters. The number of likely N-dealkylation sites (tertiary alicyclic amines) is 1. The van der Waals surface area contributed by atoms with Crippen LogP contribution >= 0.6 is 0 Å².